The van der Waals surface area contributed by atoms with Crippen LogP contribution in [0.15, 0.2) is 105 Å². The number of carboxylic acids is 3. The maximum Gasteiger partial charge on any atom is 0.305 e. The van der Waals surface area contributed by atoms with Gasteiger partial charge >= 0.3 is 17.9 Å². The lowest BCUT2D eigenvalue weighted by Crippen LogP contribution is -2.60. The van der Waals surface area contributed by atoms with E-state index in [0.717, 1.165) is 5.69 Å². The molecular formula is C54H70N14O16S. The normalized spacial score (nSPS) is 13.4. The lowest BCUT2D eigenvalue weighted by molar-refractivity contribution is -0.142. The van der Waals surface area contributed by atoms with E-state index >= 15 is 0 Å². The van der Waals surface area contributed by atoms with E-state index in [2.05, 4.69) is 57.8 Å². The fourth-order valence-corrected chi connectivity index (χ4v) is 8.80. The molecule has 0 fully saturated rings. The van der Waals surface area contributed by atoms with Gasteiger partial charge in [-0.2, -0.15) is 18.6 Å². The number of nitrogens with one attached hydrogen (secondary N) is 8. The van der Waals surface area contributed by atoms with Crippen molar-refractivity contribution in [3.05, 3.63) is 90.5 Å². The molecule has 0 bridgehead atoms. The molecule has 0 saturated heterocycles. The minimum absolute atomic E-state index is 0.0242. The number of hydrogen-bond acceptors (Lipinski definition) is 17. The van der Waals surface area contributed by atoms with Crippen LogP contribution in [0.1, 0.15) is 69.7 Å². The van der Waals surface area contributed by atoms with Gasteiger partial charge in [0.25, 0.3) is 16.0 Å². The molecule has 0 unspecified atom stereocenters. The summed E-state index contributed by atoms with van der Waals surface area (Å²) in [6.07, 6.45) is -3.23. The number of nitrogens with two attached hydrogens (primary N) is 2. The summed E-state index contributed by atoms with van der Waals surface area (Å²) in [5.41, 5.74) is 13.2. The second-order valence-electron chi connectivity index (χ2n) is 19.8. The van der Waals surface area contributed by atoms with Crippen molar-refractivity contribution in [1.82, 2.24) is 37.2 Å². The first kappa shape index (κ1) is 67.7. The van der Waals surface area contributed by atoms with Crippen LogP contribution in [0.2, 0.25) is 0 Å². The molecule has 7 amide bonds. The number of carbonyl (C=O) groups excluding carboxylic acids is 7. The maximum atomic E-state index is 13.9. The Morgan fingerprint density at radius 3 is 1.67 bits per heavy atom. The number of rotatable bonds is 33. The molecule has 85 heavy (non-hydrogen) atoms. The van der Waals surface area contributed by atoms with E-state index in [1.165, 1.54) is 63.2 Å². The van der Waals surface area contributed by atoms with Crippen molar-refractivity contribution in [1.29, 1.82) is 0 Å². The molecular weight excluding hydrogens is 1130 g/mol. The fourth-order valence-electron chi connectivity index (χ4n) is 8.10. The zero-order chi connectivity index (χ0) is 63.1. The molecule has 4 aromatic carbocycles. The minimum atomic E-state index is -4.54. The van der Waals surface area contributed by atoms with Gasteiger partial charge < -0.3 is 74.2 Å². The van der Waals surface area contributed by atoms with Crippen LogP contribution >= 0.6 is 0 Å². The zero-order valence-electron chi connectivity index (χ0n) is 47.0. The molecule has 30 nitrogen and oxygen atoms in total. The van der Waals surface area contributed by atoms with Crippen LogP contribution in [0.3, 0.4) is 0 Å². The monoisotopic (exact) mass is 1200 g/mol. The summed E-state index contributed by atoms with van der Waals surface area (Å²) in [5, 5.41) is 57.7. The first-order valence-electron chi connectivity index (χ1n) is 26.4. The Hall–Kier alpha value is -9.78. The van der Waals surface area contributed by atoms with E-state index in [9.17, 15) is 76.2 Å². The highest BCUT2D eigenvalue weighted by atomic mass is 32.2. The molecule has 4 aromatic rings. The summed E-state index contributed by atoms with van der Waals surface area (Å²) >= 11 is 0. The van der Waals surface area contributed by atoms with Gasteiger partial charge in [-0.05, 0) is 92.8 Å². The molecule has 0 radical (unpaired) electrons. The minimum Gasteiger partial charge on any atom is -0.481 e. The summed E-state index contributed by atoms with van der Waals surface area (Å²) in [6, 6.07) is 12.0. The van der Waals surface area contributed by atoms with Gasteiger partial charge in [0.05, 0.1) is 24.2 Å². The molecule has 0 aromatic heterocycles. The molecule has 31 heteroatoms. The number of carboxylic acid groups (broad SMARTS) is 3. The Labute approximate surface area is 488 Å². The Morgan fingerprint density at radius 2 is 1.11 bits per heavy atom. The second-order valence-corrected chi connectivity index (χ2v) is 21.1. The third-order valence-corrected chi connectivity index (χ3v) is 13.5. The maximum absolute atomic E-state index is 13.9. The number of hydrogen-bond donors (Lipinski definition) is 14. The SMILES string of the molecule is CC(C)[C@H](NC(=O)[C@H](CCC(=O)O)NC(=O)[C@H](CC(=O)O)NC(=O)c1ccc(N=Nc2ccc(N(C)C)cc2)cc1)C(=O)N[C@@H](CC(=O)O)C(=O)N[C@@H](C)C(=O)N[C@@H](CCCN=C(N)N)C(=O)NCCNc1cccc2c(S(=O)(=O)O)cccc12. The number of azo groups is 1. The van der Waals surface area contributed by atoms with Crippen LogP contribution in [0, 0.1) is 5.92 Å². The van der Waals surface area contributed by atoms with Gasteiger partial charge in [-0.3, -0.25) is 57.5 Å². The highest BCUT2D eigenvalue weighted by Gasteiger charge is 2.35. The van der Waals surface area contributed by atoms with E-state index in [4.69, 9.17) is 11.5 Å². The number of amides is 7. The predicted octanol–water partition coefficient (Wildman–Crippen LogP) is 0.862. The van der Waals surface area contributed by atoms with Crippen molar-refractivity contribution in [2.75, 3.05) is 43.9 Å². The lowest BCUT2D eigenvalue weighted by Gasteiger charge is -2.28. The Kier molecular flexibility index (Phi) is 25.6. The van der Waals surface area contributed by atoms with Crippen molar-refractivity contribution in [2.24, 2.45) is 32.6 Å². The third-order valence-electron chi connectivity index (χ3n) is 12.5. The predicted molar refractivity (Wildman–Crippen MR) is 309 cm³/mol. The third kappa shape index (κ3) is 22.1. The van der Waals surface area contributed by atoms with E-state index in [-0.39, 0.29) is 54.3 Å². The molecule has 4 rings (SSSR count). The average Bonchev–Trinajstić information content (AvgIpc) is 2.72. The van der Waals surface area contributed by atoms with Crippen LogP contribution in [-0.4, -0.2) is 163 Å². The van der Waals surface area contributed by atoms with E-state index in [1.807, 2.05) is 31.1 Å². The van der Waals surface area contributed by atoms with Crippen LogP contribution in [0.4, 0.5) is 22.7 Å². The van der Waals surface area contributed by atoms with Crippen molar-refractivity contribution >= 4 is 109 Å². The summed E-state index contributed by atoms with van der Waals surface area (Å²) in [5.74, 6) is -12.8. The number of guanidine groups is 1. The number of fused-ring (bicyclic) bond motifs is 1. The van der Waals surface area contributed by atoms with E-state index < -0.39 is 137 Å². The molecule has 0 heterocycles. The van der Waals surface area contributed by atoms with Crippen molar-refractivity contribution < 1.29 is 76.2 Å². The van der Waals surface area contributed by atoms with Gasteiger partial charge in [-0.1, -0.05) is 38.1 Å². The molecule has 0 aliphatic heterocycles. The van der Waals surface area contributed by atoms with E-state index in [0.29, 0.717) is 22.4 Å². The molecule has 6 atom stereocenters. The van der Waals surface area contributed by atoms with Crippen molar-refractivity contribution in [2.45, 2.75) is 100 Å². The lowest BCUT2D eigenvalue weighted by atomic mass is 10.0. The number of nitrogens with zero attached hydrogens (tertiary/aromatic N) is 4. The number of benzene rings is 4. The zero-order valence-corrected chi connectivity index (χ0v) is 47.8. The van der Waals surface area contributed by atoms with Crippen LogP contribution < -0.4 is 58.9 Å². The smallest absolute Gasteiger partial charge is 0.305 e. The number of carbonyl (C=O) groups is 10. The van der Waals surface area contributed by atoms with Crippen molar-refractivity contribution in [3.63, 3.8) is 0 Å². The Morgan fingerprint density at radius 1 is 0.576 bits per heavy atom. The summed E-state index contributed by atoms with van der Waals surface area (Å²) in [4.78, 5) is 137. The average molecular weight is 1200 g/mol. The molecule has 0 spiro atoms. The number of aliphatic imine (C=N–C) groups is 1. The molecule has 16 N–H and O–H groups in total. The molecule has 458 valence electrons. The van der Waals surface area contributed by atoms with Gasteiger partial charge in [0.2, 0.25) is 35.4 Å². The second kappa shape index (κ2) is 32.2. The van der Waals surface area contributed by atoms with Gasteiger partial charge in [-0.25, -0.2) is 0 Å². The van der Waals surface area contributed by atoms with Crippen LogP contribution in [-0.2, 0) is 53.3 Å². The first-order valence-corrected chi connectivity index (χ1v) is 27.8. The number of aliphatic carboxylic acids is 3. The summed E-state index contributed by atoms with van der Waals surface area (Å²) in [6.45, 7) is 4.23. The molecule has 0 aliphatic carbocycles. The first-order chi connectivity index (χ1) is 40.0. The fraction of sp³-hybridized carbons (Fsp3) is 0.389. The standard InChI is InChI=1S/C54H70N14O16S/c1-29(2)46(65-50(78)39(22-23-43(69)70)62-52(80)41(28-45(73)74)63-48(76)31-14-16-32(17-15-31)66-67-33-18-20-34(21-19-33)68(4)5)53(81)64-40(27-44(71)72)51(79)60-30(3)47(75)61-38(12-8-24-59-54(55)56)49(77)58-26-25-57-37-11-6-10-36-35(37)9-7-13-42(36)85(82,83)84/h6-7,9-11,13-21,29-30,38-41,46,57H,8,12,22-28H2,1-5H3,(H,58,77)(H,60,79)(H,61,75)(H,62,80)(H,63,76)(H,64,81)(H,65,78)(H,69,70)(H,71,72)(H,73,74)(H4,55,56,59)(H,82,83,84)/t30-,38-,39-,40-,41-,46-/m0/s1. The highest BCUT2D eigenvalue weighted by Crippen LogP contribution is 2.29. The quantitative estimate of drug-likeness (QED) is 0.0103. The van der Waals surface area contributed by atoms with Gasteiger partial charge in [-0.15, -0.1) is 0 Å². The summed E-state index contributed by atoms with van der Waals surface area (Å²) in [7, 11) is -0.777. The van der Waals surface area contributed by atoms with Gasteiger partial charge in [0.15, 0.2) is 5.96 Å². The molecule has 0 aliphatic rings. The Balaban J connectivity index is 1.42. The Bertz CT molecular complexity index is 3250. The van der Waals surface area contributed by atoms with Crippen molar-refractivity contribution in [3.8, 4) is 0 Å². The van der Waals surface area contributed by atoms with Crippen LogP contribution in [0.5, 0.6) is 0 Å². The molecule has 0 saturated carbocycles. The number of anilines is 2. The van der Waals surface area contributed by atoms with Crippen LogP contribution in [0.25, 0.3) is 10.8 Å². The topological polar surface area (TPSA) is 474 Å². The van der Waals surface area contributed by atoms with Gasteiger partial charge in [0, 0.05) is 67.9 Å². The van der Waals surface area contributed by atoms with E-state index in [1.54, 1.807) is 30.3 Å². The van der Waals surface area contributed by atoms with Gasteiger partial charge in [0.1, 0.15) is 41.1 Å². The highest BCUT2D eigenvalue weighted by molar-refractivity contribution is 7.86. The summed E-state index contributed by atoms with van der Waals surface area (Å²) < 4.78 is 33.6. The largest absolute Gasteiger partial charge is 0.481 e.